The molecular formula is C15H24N2O2. The van der Waals surface area contributed by atoms with Crippen LogP contribution in [0.1, 0.15) is 37.6 Å². The molecule has 0 saturated carbocycles. The molecule has 2 heterocycles. The predicted octanol–water partition coefficient (Wildman–Crippen LogP) is 2.36. The second-order valence-corrected chi connectivity index (χ2v) is 6.25. The molecule has 19 heavy (non-hydrogen) atoms. The first-order chi connectivity index (χ1) is 8.85. The molecule has 1 fully saturated rings. The minimum Gasteiger partial charge on any atom is -0.469 e. The Morgan fingerprint density at radius 3 is 2.58 bits per heavy atom. The first-order valence-corrected chi connectivity index (χ1v) is 6.82. The number of pyridine rings is 1. The van der Waals surface area contributed by atoms with Gasteiger partial charge in [0.1, 0.15) is 6.10 Å². The molecule has 0 amide bonds. The molecule has 0 radical (unpaired) electrons. The number of nitrogens with one attached hydrogen (secondary N) is 1. The van der Waals surface area contributed by atoms with Gasteiger partial charge in [-0.25, -0.2) is 4.98 Å². The Labute approximate surface area is 115 Å². The molecule has 1 aliphatic heterocycles. The van der Waals surface area contributed by atoms with Crippen LogP contribution in [0.25, 0.3) is 0 Å². The van der Waals surface area contributed by atoms with E-state index in [0.717, 1.165) is 23.7 Å². The van der Waals surface area contributed by atoms with Crippen LogP contribution in [-0.2, 0) is 11.3 Å². The van der Waals surface area contributed by atoms with E-state index in [4.69, 9.17) is 9.47 Å². The van der Waals surface area contributed by atoms with Crippen molar-refractivity contribution in [2.75, 3.05) is 13.2 Å². The predicted molar refractivity (Wildman–Crippen MR) is 75.5 cm³/mol. The molecule has 4 nitrogen and oxygen atoms in total. The standard InChI is InChI=1S/C15H24N2O2/c1-10-6-11(2)17-14(19-12-8-18-9-12)13(10)7-16-15(3,4)5/h6,12,16H,7-9H2,1-5H3. The number of ether oxygens (including phenoxy) is 2. The van der Waals surface area contributed by atoms with Crippen LogP contribution in [0, 0.1) is 13.8 Å². The molecule has 0 aromatic carbocycles. The number of nitrogens with zero attached hydrogens (tertiary/aromatic N) is 1. The largest absolute Gasteiger partial charge is 0.469 e. The van der Waals surface area contributed by atoms with Gasteiger partial charge in [-0.05, 0) is 46.2 Å². The van der Waals surface area contributed by atoms with E-state index >= 15 is 0 Å². The summed E-state index contributed by atoms with van der Waals surface area (Å²) in [5, 5.41) is 3.50. The van der Waals surface area contributed by atoms with Crippen LogP contribution in [0.5, 0.6) is 5.88 Å². The Morgan fingerprint density at radius 2 is 2.05 bits per heavy atom. The smallest absolute Gasteiger partial charge is 0.218 e. The average Bonchev–Trinajstić information content (AvgIpc) is 2.20. The third-order valence-electron chi connectivity index (χ3n) is 3.12. The summed E-state index contributed by atoms with van der Waals surface area (Å²) in [5.74, 6) is 0.752. The molecule has 0 spiro atoms. The SMILES string of the molecule is Cc1cc(C)c(CNC(C)(C)C)c(OC2COC2)n1. The van der Waals surface area contributed by atoms with Crippen molar-refractivity contribution in [1.29, 1.82) is 0 Å². The van der Waals surface area contributed by atoms with Crippen LogP contribution in [-0.4, -0.2) is 29.8 Å². The number of rotatable bonds is 4. The van der Waals surface area contributed by atoms with Gasteiger partial charge in [-0.1, -0.05) is 0 Å². The van der Waals surface area contributed by atoms with Gasteiger partial charge in [-0.15, -0.1) is 0 Å². The zero-order valence-electron chi connectivity index (χ0n) is 12.5. The van der Waals surface area contributed by atoms with Crippen LogP contribution >= 0.6 is 0 Å². The normalized spacial score (nSPS) is 16.3. The van der Waals surface area contributed by atoms with E-state index in [2.05, 4.69) is 44.1 Å². The maximum absolute atomic E-state index is 5.93. The third-order valence-corrected chi connectivity index (χ3v) is 3.12. The Kier molecular flexibility index (Phi) is 4.11. The van der Waals surface area contributed by atoms with Crippen LogP contribution < -0.4 is 10.1 Å². The molecule has 4 heteroatoms. The highest BCUT2D eigenvalue weighted by Gasteiger charge is 2.23. The van der Waals surface area contributed by atoms with Crippen LogP contribution in [0.4, 0.5) is 0 Å². The molecule has 0 unspecified atom stereocenters. The van der Waals surface area contributed by atoms with Crippen molar-refractivity contribution in [3.63, 3.8) is 0 Å². The number of hydrogen-bond acceptors (Lipinski definition) is 4. The van der Waals surface area contributed by atoms with Gasteiger partial charge in [-0.3, -0.25) is 0 Å². The van der Waals surface area contributed by atoms with Crippen molar-refractivity contribution in [3.8, 4) is 5.88 Å². The summed E-state index contributed by atoms with van der Waals surface area (Å²) in [4.78, 5) is 4.54. The minimum atomic E-state index is 0.0776. The van der Waals surface area contributed by atoms with Gasteiger partial charge in [0.15, 0.2) is 0 Å². The Balaban J connectivity index is 2.18. The lowest BCUT2D eigenvalue weighted by Crippen LogP contribution is -2.39. The molecule has 2 rings (SSSR count). The van der Waals surface area contributed by atoms with E-state index in [1.54, 1.807) is 0 Å². The van der Waals surface area contributed by atoms with Crippen molar-refractivity contribution < 1.29 is 9.47 Å². The van der Waals surface area contributed by atoms with Gasteiger partial charge in [0, 0.05) is 23.3 Å². The number of aromatic nitrogens is 1. The fourth-order valence-corrected chi connectivity index (χ4v) is 1.94. The summed E-state index contributed by atoms with van der Waals surface area (Å²) in [5.41, 5.74) is 3.44. The highest BCUT2D eigenvalue weighted by molar-refractivity contribution is 5.36. The monoisotopic (exact) mass is 264 g/mol. The Bertz CT molecular complexity index is 448. The van der Waals surface area contributed by atoms with Gasteiger partial charge in [0.05, 0.1) is 13.2 Å². The minimum absolute atomic E-state index is 0.0776. The summed E-state index contributed by atoms with van der Waals surface area (Å²) in [6, 6.07) is 2.10. The highest BCUT2D eigenvalue weighted by atomic mass is 16.6. The first kappa shape index (κ1) is 14.3. The molecule has 1 saturated heterocycles. The summed E-state index contributed by atoms with van der Waals surface area (Å²) in [6.45, 7) is 12.7. The molecular weight excluding hydrogens is 240 g/mol. The topological polar surface area (TPSA) is 43.4 Å². The summed E-state index contributed by atoms with van der Waals surface area (Å²) < 4.78 is 11.1. The molecule has 1 aliphatic rings. The van der Waals surface area contributed by atoms with Crippen molar-refractivity contribution in [1.82, 2.24) is 10.3 Å². The summed E-state index contributed by atoms with van der Waals surface area (Å²) >= 11 is 0. The zero-order chi connectivity index (χ0) is 14.0. The molecule has 0 atom stereocenters. The second kappa shape index (κ2) is 5.47. The highest BCUT2D eigenvalue weighted by Crippen LogP contribution is 2.24. The van der Waals surface area contributed by atoms with Gasteiger partial charge >= 0.3 is 0 Å². The summed E-state index contributed by atoms with van der Waals surface area (Å²) in [7, 11) is 0. The molecule has 1 N–H and O–H groups in total. The quantitative estimate of drug-likeness (QED) is 0.906. The fraction of sp³-hybridized carbons (Fsp3) is 0.667. The van der Waals surface area contributed by atoms with E-state index in [1.807, 2.05) is 6.92 Å². The Morgan fingerprint density at radius 1 is 1.37 bits per heavy atom. The first-order valence-electron chi connectivity index (χ1n) is 6.82. The van der Waals surface area contributed by atoms with Crippen molar-refractivity contribution in [2.24, 2.45) is 0 Å². The number of aryl methyl sites for hydroxylation is 2. The number of hydrogen-bond donors (Lipinski definition) is 1. The van der Waals surface area contributed by atoms with Crippen molar-refractivity contribution in [2.45, 2.75) is 52.8 Å². The molecule has 1 aromatic rings. The van der Waals surface area contributed by atoms with E-state index in [1.165, 1.54) is 5.56 Å². The van der Waals surface area contributed by atoms with Crippen LogP contribution in [0.15, 0.2) is 6.07 Å². The lowest BCUT2D eigenvalue weighted by atomic mass is 10.1. The lowest BCUT2D eigenvalue weighted by molar-refractivity contribution is -0.0817. The summed E-state index contributed by atoms with van der Waals surface area (Å²) in [6.07, 6.45) is 0.155. The van der Waals surface area contributed by atoms with Crippen LogP contribution in [0.3, 0.4) is 0 Å². The molecule has 106 valence electrons. The second-order valence-electron chi connectivity index (χ2n) is 6.25. The van der Waals surface area contributed by atoms with Gasteiger partial charge in [0.25, 0.3) is 0 Å². The van der Waals surface area contributed by atoms with E-state index in [0.29, 0.717) is 13.2 Å². The molecule has 1 aromatic heterocycles. The molecule has 0 aliphatic carbocycles. The average molecular weight is 264 g/mol. The van der Waals surface area contributed by atoms with Crippen LogP contribution in [0.2, 0.25) is 0 Å². The van der Waals surface area contributed by atoms with E-state index in [9.17, 15) is 0 Å². The molecule has 0 bridgehead atoms. The maximum atomic E-state index is 5.93. The third kappa shape index (κ3) is 3.91. The van der Waals surface area contributed by atoms with Gasteiger partial charge in [-0.2, -0.15) is 0 Å². The van der Waals surface area contributed by atoms with Crippen molar-refractivity contribution >= 4 is 0 Å². The van der Waals surface area contributed by atoms with Gasteiger partial charge in [0.2, 0.25) is 5.88 Å². The Hall–Kier alpha value is -1.13. The van der Waals surface area contributed by atoms with Gasteiger partial charge < -0.3 is 14.8 Å². The lowest BCUT2D eigenvalue weighted by Gasteiger charge is -2.28. The fourth-order valence-electron chi connectivity index (χ4n) is 1.94. The maximum Gasteiger partial charge on any atom is 0.218 e. The van der Waals surface area contributed by atoms with E-state index < -0.39 is 0 Å². The zero-order valence-corrected chi connectivity index (χ0v) is 12.5. The van der Waals surface area contributed by atoms with E-state index in [-0.39, 0.29) is 11.6 Å². The van der Waals surface area contributed by atoms with Crippen molar-refractivity contribution in [3.05, 3.63) is 22.9 Å².